The molecule has 1 fully saturated rings. The number of hydrogen-bond acceptors (Lipinski definition) is 6. The molecule has 2 atom stereocenters. The first kappa shape index (κ1) is 24.0. The third-order valence-electron chi connectivity index (χ3n) is 6.07. The normalized spacial score (nSPS) is 17.0. The number of nitriles is 1. The Bertz CT molecular complexity index is 1340. The van der Waals surface area contributed by atoms with Gasteiger partial charge in [0, 0.05) is 16.8 Å². The maximum atomic E-state index is 13.7. The number of carbonyl (C=O) groups is 2. The molecule has 3 aromatic rings. The van der Waals surface area contributed by atoms with E-state index < -0.39 is 24.0 Å². The Kier molecular flexibility index (Phi) is 6.90. The highest BCUT2D eigenvalue weighted by Gasteiger charge is 2.42. The van der Waals surface area contributed by atoms with E-state index in [0.29, 0.717) is 46.0 Å². The van der Waals surface area contributed by atoms with Gasteiger partial charge in [-0.2, -0.15) is 5.26 Å². The molecule has 0 bridgehead atoms. The number of nitrogens with zero attached hydrogens (tertiary/aromatic N) is 3. The van der Waals surface area contributed by atoms with Gasteiger partial charge < -0.3 is 19.5 Å². The highest BCUT2D eigenvalue weighted by atomic mass is 35.5. The first-order chi connectivity index (χ1) is 16.9. The molecule has 0 spiro atoms. The minimum Gasteiger partial charge on any atom is -0.496 e. The van der Waals surface area contributed by atoms with Gasteiger partial charge in [0.05, 0.1) is 37.5 Å². The number of carboxylic acids is 1. The van der Waals surface area contributed by atoms with Gasteiger partial charge in [-0.3, -0.25) is 9.78 Å². The third-order valence-corrected chi connectivity index (χ3v) is 6.42. The fraction of sp³-hybridized carbons (Fsp3) is 0.231. The Morgan fingerprint density at radius 3 is 2.51 bits per heavy atom. The number of methoxy groups -OCH3 is 2. The zero-order valence-corrected chi connectivity index (χ0v) is 19.8. The molecule has 1 aromatic heterocycles. The number of hydrogen-bond donors (Lipinski definition) is 1. The molecule has 0 unspecified atom stereocenters. The van der Waals surface area contributed by atoms with E-state index in [1.807, 2.05) is 0 Å². The number of rotatable bonds is 6. The predicted molar refractivity (Wildman–Crippen MR) is 129 cm³/mol. The van der Waals surface area contributed by atoms with Crippen LogP contribution in [0.2, 0.25) is 5.02 Å². The van der Waals surface area contributed by atoms with Gasteiger partial charge in [0.25, 0.3) is 5.91 Å². The van der Waals surface area contributed by atoms with E-state index in [2.05, 4.69) is 11.1 Å². The molecule has 9 heteroatoms. The molecule has 0 saturated carbocycles. The summed E-state index contributed by atoms with van der Waals surface area (Å²) < 4.78 is 10.9. The Morgan fingerprint density at radius 2 is 1.86 bits per heavy atom. The van der Waals surface area contributed by atoms with Crippen molar-refractivity contribution in [3.05, 3.63) is 76.4 Å². The molecule has 1 aliphatic rings. The summed E-state index contributed by atoms with van der Waals surface area (Å²) in [7, 11) is 2.95. The molecule has 178 valence electrons. The lowest BCUT2D eigenvalue weighted by Gasteiger charge is -2.29. The largest absolute Gasteiger partial charge is 0.496 e. The molecular formula is C26H22ClN3O5. The minimum atomic E-state index is -1.08. The fourth-order valence-electron chi connectivity index (χ4n) is 4.42. The van der Waals surface area contributed by atoms with Crippen LogP contribution in [0.25, 0.3) is 11.3 Å². The predicted octanol–water partition coefficient (Wildman–Crippen LogP) is 4.72. The van der Waals surface area contributed by atoms with Crippen LogP contribution in [0.3, 0.4) is 0 Å². The number of halogens is 1. The highest BCUT2D eigenvalue weighted by Crippen LogP contribution is 2.41. The minimum absolute atomic E-state index is 0.172. The Morgan fingerprint density at radius 1 is 1.11 bits per heavy atom. The van der Waals surface area contributed by atoms with Crippen LogP contribution in [0.4, 0.5) is 0 Å². The van der Waals surface area contributed by atoms with E-state index in [4.69, 9.17) is 21.1 Å². The molecule has 35 heavy (non-hydrogen) atoms. The van der Waals surface area contributed by atoms with E-state index in [9.17, 15) is 20.0 Å². The van der Waals surface area contributed by atoms with Gasteiger partial charge in [-0.15, -0.1) is 0 Å². The van der Waals surface area contributed by atoms with E-state index in [1.165, 1.54) is 31.4 Å². The highest BCUT2D eigenvalue weighted by molar-refractivity contribution is 6.31. The van der Waals surface area contributed by atoms with Crippen molar-refractivity contribution >= 4 is 23.5 Å². The zero-order valence-electron chi connectivity index (χ0n) is 19.1. The quantitative estimate of drug-likeness (QED) is 0.530. The Balaban J connectivity index is 1.77. The lowest BCUT2D eigenvalue weighted by molar-refractivity contribution is -0.141. The zero-order chi connectivity index (χ0) is 25.1. The first-order valence-electron chi connectivity index (χ1n) is 10.8. The van der Waals surface area contributed by atoms with E-state index in [0.717, 1.165) is 0 Å². The maximum Gasteiger partial charge on any atom is 0.326 e. The van der Waals surface area contributed by atoms with Gasteiger partial charge >= 0.3 is 5.97 Å². The van der Waals surface area contributed by atoms with Crippen molar-refractivity contribution in [3.8, 4) is 28.8 Å². The maximum absolute atomic E-state index is 13.7. The van der Waals surface area contributed by atoms with Crippen LogP contribution in [0.15, 0.2) is 54.7 Å². The number of ether oxygens (including phenoxy) is 2. The molecule has 1 aliphatic heterocycles. The van der Waals surface area contributed by atoms with Crippen molar-refractivity contribution in [3.63, 3.8) is 0 Å². The number of aliphatic carboxylic acids is 1. The molecule has 0 radical (unpaired) electrons. The molecule has 1 saturated heterocycles. The van der Waals surface area contributed by atoms with Crippen molar-refractivity contribution in [1.29, 1.82) is 5.26 Å². The summed E-state index contributed by atoms with van der Waals surface area (Å²) in [5.41, 5.74) is 2.19. The van der Waals surface area contributed by atoms with Gasteiger partial charge in [-0.25, -0.2) is 4.79 Å². The second-order valence-corrected chi connectivity index (χ2v) is 8.39. The summed E-state index contributed by atoms with van der Waals surface area (Å²) in [4.78, 5) is 31.5. The number of amides is 1. The number of carboxylic acid groups (broad SMARTS) is 1. The van der Waals surface area contributed by atoms with Crippen molar-refractivity contribution in [2.45, 2.75) is 24.9 Å². The average molecular weight is 492 g/mol. The third kappa shape index (κ3) is 4.51. The van der Waals surface area contributed by atoms with Crippen LogP contribution in [0.1, 0.15) is 40.4 Å². The van der Waals surface area contributed by atoms with E-state index in [-0.39, 0.29) is 11.3 Å². The van der Waals surface area contributed by atoms with Crippen LogP contribution in [0, 0.1) is 11.3 Å². The van der Waals surface area contributed by atoms with Gasteiger partial charge in [-0.1, -0.05) is 29.8 Å². The van der Waals surface area contributed by atoms with Crippen molar-refractivity contribution < 1.29 is 24.2 Å². The number of likely N-dealkylation sites (tertiary alicyclic amines) is 1. The molecule has 1 N–H and O–H groups in total. The fourth-order valence-corrected chi connectivity index (χ4v) is 4.68. The summed E-state index contributed by atoms with van der Waals surface area (Å²) >= 11 is 6.38. The summed E-state index contributed by atoms with van der Waals surface area (Å²) in [6.07, 6.45) is 2.14. The Hall–Kier alpha value is -4.09. The molecule has 1 amide bonds. The average Bonchev–Trinajstić information content (AvgIpc) is 3.33. The van der Waals surface area contributed by atoms with Crippen LogP contribution in [-0.2, 0) is 4.79 Å². The second kappa shape index (κ2) is 10.0. The van der Waals surface area contributed by atoms with Crippen LogP contribution in [-0.4, -0.2) is 47.1 Å². The standard InChI is InChI=1S/C26H22ClN3O5/c1-34-22-10-7-15(13-28)11-18(22)24-23(35-2)12-16(14-29-24)25(31)30-20(8-9-21(30)26(32)33)17-5-3-4-6-19(17)27/h3-7,10-12,14,20-21H,8-9H2,1-2H3,(H,32,33)/t20-,21+/m1/s1. The van der Waals surface area contributed by atoms with Crippen molar-refractivity contribution in [1.82, 2.24) is 9.88 Å². The molecule has 2 aromatic carbocycles. The number of benzene rings is 2. The lowest BCUT2D eigenvalue weighted by Crippen LogP contribution is -2.42. The molecular weight excluding hydrogens is 470 g/mol. The topological polar surface area (TPSA) is 113 Å². The van der Waals surface area contributed by atoms with Crippen molar-refractivity contribution in [2.75, 3.05) is 14.2 Å². The number of pyridine rings is 1. The molecule has 4 rings (SSSR count). The summed E-state index contributed by atoms with van der Waals surface area (Å²) in [6, 6.07) is 14.1. The van der Waals surface area contributed by atoms with E-state index >= 15 is 0 Å². The number of aromatic nitrogens is 1. The smallest absolute Gasteiger partial charge is 0.326 e. The molecule has 8 nitrogen and oxygen atoms in total. The summed E-state index contributed by atoms with van der Waals surface area (Å²) in [6.45, 7) is 0. The SMILES string of the molecule is COc1ccc(C#N)cc1-c1ncc(C(=O)N2[C@@H](c3ccccc3Cl)CC[C@H]2C(=O)O)cc1OC. The Labute approximate surface area is 207 Å². The van der Waals surface area contributed by atoms with Crippen LogP contribution in [0.5, 0.6) is 11.5 Å². The summed E-state index contributed by atoms with van der Waals surface area (Å²) in [5.74, 6) is -0.805. The lowest BCUT2D eigenvalue weighted by atomic mass is 10.0. The number of carbonyl (C=O) groups excluding carboxylic acids is 1. The van der Waals surface area contributed by atoms with Crippen molar-refractivity contribution in [2.24, 2.45) is 0 Å². The van der Waals surface area contributed by atoms with Gasteiger partial charge in [0.15, 0.2) is 0 Å². The van der Waals surface area contributed by atoms with Crippen LogP contribution >= 0.6 is 11.6 Å². The first-order valence-corrected chi connectivity index (χ1v) is 11.2. The van der Waals surface area contributed by atoms with Crippen LogP contribution < -0.4 is 9.47 Å². The summed E-state index contributed by atoms with van der Waals surface area (Å²) in [5, 5.41) is 19.6. The van der Waals surface area contributed by atoms with Gasteiger partial charge in [0.2, 0.25) is 0 Å². The van der Waals surface area contributed by atoms with E-state index in [1.54, 1.807) is 42.5 Å². The second-order valence-electron chi connectivity index (χ2n) is 7.98. The monoisotopic (exact) mass is 491 g/mol. The molecule has 2 heterocycles. The van der Waals surface area contributed by atoms with Gasteiger partial charge in [-0.05, 0) is 48.7 Å². The van der Waals surface area contributed by atoms with Gasteiger partial charge in [0.1, 0.15) is 23.2 Å². The molecule has 0 aliphatic carbocycles.